The molecule has 2 aliphatic rings. The summed E-state index contributed by atoms with van der Waals surface area (Å²) in [5, 5.41) is 19.7. The molecule has 0 aliphatic heterocycles. The highest BCUT2D eigenvalue weighted by Gasteiger charge is 2.49. The molecular formula is C15H26O3. The zero-order valence-electron chi connectivity index (χ0n) is 11.9. The fraction of sp³-hybridized carbons (Fsp3) is 0.867. The third-order valence-corrected chi connectivity index (χ3v) is 5.15. The molecule has 0 unspecified atom stereocenters. The van der Waals surface area contributed by atoms with Crippen molar-refractivity contribution in [2.24, 2.45) is 23.7 Å². The molecule has 0 amide bonds. The maximum absolute atomic E-state index is 10.4. The Morgan fingerprint density at radius 3 is 2.56 bits per heavy atom. The molecule has 5 atom stereocenters. The molecular weight excluding hydrogens is 228 g/mol. The van der Waals surface area contributed by atoms with E-state index >= 15 is 0 Å². The van der Waals surface area contributed by atoms with Gasteiger partial charge in [-0.3, -0.25) is 5.26 Å². The molecule has 0 spiro atoms. The number of aliphatic hydroxyl groups is 1. The van der Waals surface area contributed by atoms with E-state index < -0.39 is 5.60 Å². The molecule has 0 radical (unpaired) electrons. The van der Waals surface area contributed by atoms with E-state index in [9.17, 15) is 10.4 Å². The average molecular weight is 254 g/mol. The van der Waals surface area contributed by atoms with E-state index in [1.165, 1.54) is 0 Å². The number of fused-ring (bicyclic) bond motifs is 1. The molecule has 2 rings (SSSR count). The van der Waals surface area contributed by atoms with E-state index in [1.54, 1.807) is 0 Å². The Hall–Kier alpha value is -0.380. The summed E-state index contributed by atoms with van der Waals surface area (Å²) < 4.78 is 0. The van der Waals surface area contributed by atoms with E-state index in [-0.39, 0.29) is 17.9 Å². The summed E-state index contributed by atoms with van der Waals surface area (Å²) in [7, 11) is 0. The van der Waals surface area contributed by atoms with Crippen molar-refractivity contribution in [3.63, 3.8) is 0 Å². The summed E-state index contributed by atoms with van der Waals surface area (Å²) in [4.78, 5) is 4.77. The lowest BCUT2D eigenvalue weighted by Gasteiger charge is -2.50. The molecule has 2 N–H and O–H groups in total. The molecule has 18 heavy (non-hydrogen) atoms. The van der Waals surface area contributed by atoms with Crippen LogP contribution in [0.4, 0.5) is 0 Å². The van der Waals surface area contributed by atoms with Gasteiger partial charge in [0.25, 0.3) is 0 Å². The number of allylic oxidation sites excluding steroid dienone is 1. The third kappa shape index (κ3) is 2.36. The number of hydrogen-bond donors (Lipinski definition) is 2. The van der Waals surface area contributed by atoms with Gasteiger partial charge in [-0.2, -0.15) is 0 Å². The van der Waals surface area contributed by atoms with Crippen molar-refractivity contribution in [3.8, 4) is 0 Å². The summed E-state index contributed by atoms with van der Waals surface area (Å²) in [5.41, 5.74) is 0.388. The van der Waals surface area contributed by atoms with Gasteiger partial charge in [-0.15, -0.1) is 0 Å². The monoisotopic (exact) mass is 254 g/mol. The van der Waals surface area contributed by atoms with Crippen LogP contribution in [0.2, 0.25) is 0 Å². The lowest BCUT2D eigenvalue weighted by molar-refractivity contribution is -0.296. The van der Waals surface area contributed by atoms with Crippen molar-refractivity contribution < 1.29 is 15.3 Å². The van der Waals surface area contributed by atoms with E-state index in [0.717, 1.165) is 24.8 Å². The second-order valence-electron chi connectivity index (χ2n) is 6.77. The van der Waals surface area contributed by atoms with Crippen LogP contribution in [0.3, 0.4) is 0 Å². The SMILES string of the molecule is CC1=CC[C@@H]2[C@H]([C@@H]1OO)[C@H](C(C)(C)O)CC[C@H]2C. The smallest absolute Gasteiger partial charge is 0.117 e. The quantitative estimate of drug-likeness (QED) is 0.452. The van der Waals surface area contributed by atoms with Gasteiger partial charge in [-0.1, -0.05) is 19.4 Å². The number of rotatable bonds is 2. The molecule has 0 aromatic rings. The van der Waals surface area contributed by atoms with E-state index in [0.29, 0.717) is 11.8 Å². The Balaban J connectivity index is 2.34. The summed E-state index contributed by atoms with van der Waals surface area (Å²) >= 11 is 0. The molecule has 0 aromatic carbocycles. The Bertz CT molecular complexity index is 329. The largest absolute Gasteiger partial charge is 0.390 e. The van der Waals surface area contributed by atoms with E-state index in [4.69, 9.17) is 4.89 Å². The molecule has 0 saturated heterocycles. The molecule has 104 valence electrons. The molecule has 3 heteroatoms. The van der Waals surface area contributed by atoms with Crippen molar-refractivity contribution in [2.75, 3.05) is 0 Å². The van der Waals surface area contributed by atoms with Crippen LogP contribution >= 0.6 is 0 Å². The first-order chi connectivity index (χ1) is 8.36. The van der Waals surface area contributed by atoms with Crippen molar-refractivity contribution in [1.82, 2.24) is 0 Å². The van der Waals surface area contributed by atoms with Gasteiger partial charge in [0.1, 0.15) is 6.10 Å². The van der Waals surface area contributed by atoms with Crippen LogP contribution in [0.15, 0.2) is 11.6 Å². The molecule has 1 saturated carbocycles. The lowest BCUT2D eigenvalue weighted by Crippen LogP contribution is -2.51. The van der Waals surface area contributed by atoms with E-state index in [2.05, 4.69) is 13.0 Å². The highest BCUT2D eigenvalue weighted by atomic mass is 17.1. The van der Waals surface area contributed by atoms with Crippen molar-refractivity contribution >= 4 is 0 Å². The molecule has 2 aliphatic carbocycles. The zero-order valence-corrected chi connectivity index (χ0v) is 11.9. The van der Waals surface area contributed by atoms with Crippen LogP contribution in [-0.4, -0.2) is 22.1 Å². The van der Waals surface area contributed by atoms with Crippen LogP contribution in [-0.2, 0) is 4.89 Å². The van der Waals surface area contributed by atoms with Gasteiger partial charge in [-0.25, -0.2) is 4.89 Å². The van der Waals surface area contributed by atoms with Crippen LogP contribution < -0.4 is 0 Å². The summed E-state index contributed by atoms with van der Waals surface area (Å²) in [6, 6.07) is 0. The van der Waals surface area contributed by atoms with Gasteiger partial charge in [0, 0.05) is 5.92 Å². The van der Waals surface area contributed by atoms with Gasteiger partial charge < -0.3 is 5.11 Å². The third-order valence-electron chi connectivity index (χ3n) is 5.15. The first-order valence-corrected chi connectivity index (χ1v) is 7.05. The van der Waals surface area contributed by atoms with Crippen molar-refractivity contribution in [2.45, 2.75) is 58.7 Å². The molecule has 0 bridgehead atoms. The fourth-order valence-corrected chi connectivity index (χ4v) is 4.07. The summed E-state index contributed by atoms with van der Waals surface area (Å²) in [5.74, 6) is 1.56. The van der Waals surface area contributed by atoms with E-state index in [1.807, 2.05) is 20.8 Å². The molecule has 1 fully saturated rings. The molecule has 0 aromatic heterocycles. The van der Waals surface area contributed by atoms with Gasteiger partial charge in [0.15, 0.2) is 0 Å². The van der Waals surface area contributed by atoms with Crippen LogP contribution in [0.5, 0.6) is 0 Å². The minimum Gasteiger partial charge on any atom is -0.390 e. The summed E-state index contributed by atoms with van der Waals surface area (Å²) in [6.07, 6.45) is 5.15. The standard InChI is InChI=1S/C15H26O3/c1-9-6-8-12(15(3,4)16)13-11(9)7-5-10(2)14(13)18-17/h5,9,11-14,16-17H,6-8H2,1-4H3/t9-,11+,12-,13+,14-/m1/s1. The maximum Gasteiger partial charge on any atom is 0.117 e. The van der Waals surface area contributed by atoms with Gasteiger partial charge >= 0.3 is 0 Å². The highest BCUT2D eigenvalue weighted by molar-refractivity contribution is 5.16. The van der Waals surface area contributed by atoms with Gasteiger partial charge in [-0.05, 0) is 56.9 Å². The van der Waals surface area contributed by atoms with Crippen LogP contribution in [0.25, 0.3) is 0 Å². The van der Waals surface area contributed by atoms with Crippen LogP contribution in [0.1, 0.15) is 47.0 Å². The Morgan fingerprint density at radius 2 is 2.00 bits per heavy atom. The topological polar surface area (TPSA) is 49.7 Å². The van der Waals surface area contributed by atoms with Gasteiger partial charge in [0.2, 0.25) is 0 Å². The fourth-order valence-electron chi connectivity index (χ4n) is 4.07. The van der Waals surface area contributed by atoms with Crippen molar-refractivity contribution in [1.29, 1.82) is 0 Å². The minimum absolute atomic E-state index is 0.194. The van der Waals surface area contributed by atoms with Gasteiger partial charge in [0.05, 0.1) is 5.60 Å². The molecule has 3 nitrogen and oxygen atoms in total. The zero-order chi connectivity index (χ0) is 13.5. The second-order valence-corrected chi connectivity index (χ2v) is 6.77. The highest BCUT2D eigenvalue weighted by Crippen LogP contribution is 2.50. The predicted molar refractivity (Wildman–Crippen MR) is 71.0 cm³/mol. The molecule has 0 heterocycles. The second kappa shape index (κ2) is 4.95. The first-order valence-electron chi connectivity index (χ1n) is 7.05. The predicted octanol–water partition coefficient (Wildman–Crippen LogP) is 3.24. The first kappa shape index (κ1) is 14.0. The normalized spacial score (nSPS) is 41.2. The van der Waals surface area contributed by atoms with Crippen molar-refractivity contribution in [3.05, 3.63) is 11.6 Å². The Labute approximate surface area is 110 Å². The summed E-state index contributed by atoms with van der Waals surface area (Å²) in [6.45, 7) is 8.05. The lowest BCUT2D eigenvalue weighted by atomic mass is 9.57. The van der Waals surface area contributed by atoms with Crippen LogP contribution in [0, 0.1) is 23.7 Å². The maximum atomic E-state index is 10.4. The Morgan fingerprint density at radius 1 is 1.33 bits per heavy atom. The number of hydrogen-bond acceptors (Lipinski definition) is 3. The average Bonchev–Trinajstić information content (AvgIpc) is 2.27. The Kier molecular flexibility index (Phi) is 3.86. The minimum atomic E-state index is -0.711.